The number of carbonyl (C=O) groups is 2. The summed E-state index contributed by atoms with van der Waals surface area (Å²) in [5.41, 5.74) is 0.257. The van der Waals surface area contributed by atoms with Crippen molar-refractivity contribution in [1.29, 1.82) is 0 Å². The predicted octanol–water partition coefficient (Wildman–Crippen LogP) is 3.43. The van der Waals surface area contributed by atoms with Crippen molar-refractivity contribution in [2.24, 2.45) is 5.92 Å². The molecule has 9 heteroatoms. The van der Waals surface area contributed by atoms with Gasteiger partial charge in [-0.1, -0.05) is 43.7 Å². The van der Waals surface area contributed by atoms with Gasteiger partial charge in [0.15, 0.2) is 6.61 Å². The molecule has 0 heterocycles. The molecule has 0 aromatic heterocycles. The minimum Gasteiger partial charge on any atom is -0.456 e. The van der Waals surface area contributed by atoms with Gasteiger partial charge in [-0.2, -0.15) is 0 Å². The Morgan fingerprint density at radius 1 is 1.21 bits per heavy atom. The molecule has 156 valence electrons. The number of esters is 1. The third-order valence-electron chi connectivity index (χ3n) is 4.82. The quantitative estimate of drug-likeness (QED) is 0.637. The molecule has 0 atom stereocenters. The van der Waals surface area contributed by atoms with Gasteiger partial charge in [0.25, 0.3) is 5.91 Å². The molecule has 0 spiro atoms. The number of hydrogen-bond acceptors (Lipinski definition) is 5. The number of anilines is 1. The summed E-state index contributed by atoms with van der Waals surface area (Å²) in [5.74, 6) is -0.365. The molecule has 1 aliphatic carbocycles. The van der Waals surface area contributed by atoms with Crippen LogP contribution in [0.1, 0.15) is 44.9 Å². The second-order valence-electron chi connectivity index (χ2n) is 7.18. The first-order valence-electron chi connectivity index (χ1n) is 9.37. The van der Waals surface area contributed by atoms with Gasteiger partial charge in [0.2, 0.25) is 10.0 Å². The molecule has 0 aliphatic heterocycles. The molecule has 7 nitrogen and oxygen atoms in total. The van der Waals surface area contributed by atoms with Crippen molar-refractivity contribution >= 4 is 39.2 Å². The number of benzene rings is 1. The molecule has 0 unspecified atom stereocenters. The van der Waals surface area contributed by atoms with Crippen molar-refractivity contribution in [2.75, 3.05) is 26.0 Å². The van der Waals surface area contributed by atoms with Crippen LogP contribution in [0.5, 0.6) is 0 Å². The fraction of sp³-hybridized carbons (Fsp3) is 0.579. The summed E-state index contributed by atoms with van der Waals surface area (Å²) in [5, 5.41) is 2.58. The van der Waals surface area contributed by atoms with Crippen LogP contribution in [0.25, 0.3) is 0 Å². The molecule has 1 saturated carbocycles. The molecule has 1 N–H and O–H groups in total. The fourth-order valence-corrected chi connectivity index (χ4v) is 4.58. The van der Waals surface area contributed by atoms with Crippen LogP contribution in [0.2, 0.25) is 5.02 Å². The van der Waals surface area contributed by atoms with Crippen molar-refractivity contribution in [3.63, 3.8) is 0 Å². The van der Waals surface area contributed by atoms with Crippen LogP contribution in [0.4, 0.5) is 5.69 Å². The zero-order valence-corrected chi connectivity index (χ0v) is 17.8. The third-order valence-corrected chi connectivity index (χ3v) is 7.12. The lowest BCUT2D eigenvalue weighted by Gasteiger charge is -2.20. The van der Waals surface area contributed by atoms with Gasteiger partial charge in [0.05, 0.1) is 5.02 Å². The standard InChI is InChI=1S/C19H27ClN2O5S/c1-22(2)28(25,26)17-12-15(9-10-16(17)20)21-18(23)13-27-19(24)11-8-14-6-4-3-5-7-14/h9-10,12,14H,3-8,11,13H2,1-2H3,(H,21,23). The average Bonchev–Trinajstić information content (AvgIpc) is 2.66. The second kappa shape index (κ2) is 10.2. The summed E-state index contributed by atoms with van der Waals surface area (Å²) in [6.07, 6.45) is 7.12. The van der Waals surface area contributed by atoms with Crippen molar-refractivity contribution in [2.45, 2.75) is 49.8 Å². The van der Waals surface area contributed by atoms with Crippen LogP contribution in [0, 0.1) is 5.92 Å². The van der Waals surface area contributed by atoms with Crippen molar-refractivity contribution in [1.82, 2.24) is 4.31 Å². The molecule has 28 heavy (non-hydrogen) atoms. The Balaban J connectivity index is 1.85. The Morgan fingerprint density at radius 2 is 1.89 bits per heavy atom. The van der Waals surface area contributed by atoms with E-state index in [1.165, 1.54) is 51.6 Å². The average molecular weight is 431 g/mol. The van der Waals surface area contributed by atoms with Gasteiger partial charge in [-0.15, -0.1) is 0 Å². The van der Waals surface area contributed by atoms with Crippen LogP contribution < -0.4 is 5.32 Å². The maximum Gasteiger partial charge on any atom is 0.306 e. The summed E-state index contributed by atoms with van der Waals surface area (Å²) in [4.78, 5) is 23.8. The van der Waals surface area contributed by atoms with E-state index >= 15 is 0 Å². The van der Waals surface area contributed by atoms with E-state index in [-0.39, 0.29) is 15.6 Å². The smallest absolute Gasteiger partial charge is 0.306 e. The summed E-state index contributed by atoms with van der Waals surface area (Å²) in [7, 11) is -0.960. The number of amides is 1. The van der Waals surface area contributed by atoms with Gasteiger partial charge < -0.3 is 10.1 Å². The van der Waals surface area contributed by atoms with E-state index in [0.717, 1.165) is 23.6 Å². The maximum atomic E-state index is 12.3. The summed E-state index contributed by atoms with van der Waals surface area (Å²) in [6.45, 7) is -0.415. The maximum absolute atomic E-state index is 12.3. The number of nitrogens with one attached hydrogen (secondary N) is 1. The van der Waals surface area contributed by atoms with Crippen LogP contribution in [-0.2, 0) is 24.3 Å². The lowest BCUT2D eigenvalue weighted by atomic mass is 9.86. The molecule has 2 rings (SSSR count). The molecule has 1 fully saturated rings. The molecule has 1 amide bonds. The van der Waals surface area contributed by atoms with E-state index in [9.17, 15) is 18.0 Å². The molecule has 0 saturated heterocycles. The highest BCUT2D eigenvalue weighted by molar-refractivity contribution is 7.89. The lowest BCUT2D eigenvalue weighted by molar-refractivity contribution is -0.147. The Labute approximate surface area is 171 Å². The Hall–Kier alpha value is -1.64. The molecule has 0 bridgehead atoms. The number of ether oxygens (including phenoxy) is 1. The monoisotopic (exact) mass is 430 g/mol. The first kappa shape index (κ1) is 22.6. The molecular weight excluding hydrogens is 404 g/mol. The number of halogens is 1. The minimum absolute atomic E-state index is 0.0563. The Bertz CT molecular complexity index is 805. The van der Waals surface area contributed by atoms with Crippen LogP contribution in [-0.4, -0.2) is 45.3 Å². The highest BCUT2D eigenvalue weighted by atomic mass is 35.5. The number of hydrogen-bond donors (Lipinski definition) is 1. The zero-order chi connectivity index (χ0) is 20.7. The number of rotatable bonds is 8. The zero-order valence-electron chi connectivity index (χ0n) is 16.2. The van der Waals surface area contributed by atoms with Gasteiger partial charge in [0.1, 0.15) is 4.90 Å². The van der Waals surface area contributed by atoms with Gasteiger partial charge >= 0.3 is 5.97 Å². The summed E-state index contributed by atoms with van der Waals surface area (Å²) >= 11 is 5.97. The van der Waals surface area contributed by atoms with Crippen LogP contribution >= 0.6 is 11.6 Å². The van der Waals surface area contributed by atoms with E-state index in [4.69, 9.17) is 16.3 Å². The largest absolute Gasteiger partial charge is 0.456 e. The predicted molar refractivity (Wildman–Crippen MR) is 108 cm³/mol. The highest BCUT2D eigenvalue weighted by Gasteiger charge is 2.22. The molecule has 1 aromatic rings. The van der Waals surface area contributed by atoms with Gasteiger partial charge in [-0.25, -0.2) is 12.7 Å². The van der Waals surface area contributed by atoms with Crippen LogP contribution in [0.15, 0.2) is 23.1 Å². The van der Waals surface area contributed by atoms with Crippen molar-refractivity contribution < 1.29 is 22.7 Å². The lowest BCUT2D eigenvalue weighted by Crippen LogP contribution is -2.23. The van der Waals surface area contributed by atoms with Crippen molar-refractivity contribution in [3.05, 3.63) is 23.2 Å². The molecule has 1 aromatic carbocycles. The number of sulfonamides is 1. The topological polar surface area (TPSA) is 92.8 Å². The first-order chi connectivity index (χ1) is 13.2. The van der Waals surface area contributed by atoms with E-state index in [1.807, 2.05) is 0 Å². The van der Waals surface area contributed by atoms with Gasteiger partial charge in [-0.3, -0.25) is 9.59 Å². The second-order valence-corrected chi connectivity index (χ2v) is 9.71. The fourth-order valence-electron chi connectivity index (χ4n) is 3.19. The minimum atomic E-state index is -3.75. The number of carbonyl (C=O) groups excluding carboxylic acids is 2. The van der Waals surface area contributed by atoms with Gasteiger partial charge in [0, 0.05) is 26.2 Å². The number of nitrogens with zero attached hydrogens (tertiary/aromatic N) is 1. The first-order valence-corrected chi connectivity index (χ1v) is 11.2. The molecule has 0 radical (unpaired) electrons. The SMILES string of the molecule is CN(C)S(=O)(=O)c1cc(NC(=O)COC(=O)CCC2CCCCC2)ccc1Cl. The van der Waals surface area contributed by atoms with E-state index in [0.29, 0.717) is 12.3 Å². The summed E-state index contributed by atoms with van der Waals surface area (Å²) < 4.78 is 30.6. The highest BCUT2D eigenvalue weighted by Crippen LogP contribution is 2.28. The van der Waals surface area contributed by atoms with Crippen molar-refractivity contribution in [3.8, 4) is 0 Å². The molecule has 1 aliphatic rings. The normalized spacial score (nSPS) is 15.4. The molecular formula is C19H27ClN2O5S. The Morgan fingerprint density at radius 3 is 2.54 bits per heavy atom. The van der Waals surface area contributed by atoms with Gasteiger partial charge in [-0.05, 0) is 30.5 Å². The third kappa shape index (κ3) is 6.46. The summed E-state index contributed by atoms with van der Waals surface area (Å²) in [6, 6.07) is 4.16. The van der Waals surface area contributed by atoms with Crippen LogP contribution in [0.3, 0.4) is 0 Å². The van der Waals surface area contributed by atoms with E-state index < -0.39 is 28.5 Å². The Kier molecular flexibility index (Phi) is 8.27. The van der Waals surface area contributed by atoms with E-state index in [2.05, 4.69) is 5.32 Å². The van der Waals surface area contributed by atoms with E-state index in [1.54, 1.807) is 0 Å².